The molecule has 8 nitrogen and oxygen atoms in total. The number of nitriles is 3. The molecule has 416 valence electrons. The first-order valence-electron chi connectivity index (χ1n) is 29.3. The number of rotatable bonds is 7. The number of benzene rings is 13. The molecule has 8 heteroatoms. The van der Waals surface area contributed by atoms with Gasteiger partial charge >= 0.3 is 0 Å². The van der Waals surface area contributed by atoms with Crippen LogP contribution in [-0.2, 0) is 0 Å². The average Bonchev–Trinajstić information content (AvgIpc) is 1.56. The summed E-state index contributed by atoms with van der Waals surface area (Å²) in [4.78, 5) is 3.65. The van der Waals surface area contributed by atoms with Crippen LogP contribution in [0.1, 0.15) is 16.7 Å². The fourth-order valence-corrected chi connectivity index (χ4v) is 12.8. The first kappa shape index (κ1) is 52.6. The fraction of sp³-hybridized carbons (Fsp3) is 0. The number of para-hydroxylation sites is 3. The van der Waals surface area contributed by atoms with Crippen LogP contribution in [0.25, 0.3) is 170 Å². The van der Waals surface area contributed by atoms with Gasteiger partial charge in [-0.2, -0.15) is 15.8 Å². The van der Waals surface area contributed by atoms with Crippen molar-refractivity contribution in [3.05, 3.63) is 295 Å². The summed E-state index contributed by atoms with van der Waals surface area (Å²) in [5, 5.41) is 36.1. The molecule has 0 N–H and O–H groups in total. The molecule has 4 heterocycles. The van der Waals surface area contributed by atoms with E-state index in [0.717, 1.165) is 166 Å². The second-order valence-electron chi connectivity index (χ2n) is 22.2. The lowest BCUT2D eigenvalue weighted by Crippen LogP contribution is -1.89. The molecule has 0 atom stereocenters. The summed E-state index contributed by atoms with van der Waals surface area (Å²) in [6, 6.07) is 95.3. The zero-order valence-corrected chi connectivity index (χ0v) is 47.8. The summed E-state index contributed by atoms with van der Waals surface area (Å²) in [5.74, 6) is 0. The average molecular weight is 1150 g/mol. The van der Waals surface area contributed by atoms with E-state index in [1.807, 2.05) is 158 Å². The molecule has 0 spiro atoms. The summed E-state index contributed by atoms with van der Waals surface area (Å²) < 4.78 is 26.6. The van der Waals surface area contributed by atoms with Crippen molar-refractivity contribution in [2.24, 2.45) is 0 Å². The molecule has 0 unspecified atom stereocenters. The minimum atomic E-state index is 0.603. The van der Waals surface area contributed by atoms with Crippen LogP contribution >= 0.6 is 0 Å². The van der Waals surface area contributed by atoms with E-state index in [2.05, 4.69) is 132 Å². The standard InChI is InChI=1S/C44H24N2O2.C38H20N2O2/c1-46-34-17-9-14-31(25-34)30-13-8-16-33(24-30)40-42-36-19-3-5-21-38(36)47-43(42)39(41-35-18-2-4-20-37(35)48-44(40)41)32-15-7-12-29(23-32)28-11-6-10-27(22-28)26-45;39-21-23-8-12-25(13-9-23)27-4-3-5-28(18-27)29-16-17-34-32(19-29)37-35(41-34)20-31-30-6-1-2-7-33(30)42-38(31)36(37)26-14-10-24(22-40)11-15-26/h2-25H;1-20H. The Kier molecular flexibility index (Phi) is 12.6. The smallest absolute Gasteiger partial charge is 0.187 e. The van der Waals surface area contributed by atoms with Gasteiger partial charge in [0.15, 0.2) is 5.69 Å². The summed E-state index contributed by atoms with van der Waals surface area (Å²) in [5.41, 5.74) is 22.9. The molecule has 0 aliphatic carbocycles. The highest BCUT2D eigenvalue weighted by atomic mass is 16.3. The van der Waals surface area contributed by atoms with Gasteiger partial charge in [0, 0.05) is 59.8 Å². The van der Waals surface area contributed by atoms with E-state index < -0.39 is 0 Å². The van der Waals surface area contributed by atoms with Crippen LogP contribution in [0.15, 0.2) is 285 Å². The lowest BCUT2D eigenvalue weighted by atomic mass is 9.88. The second-order valence-corrected chi connectivity index (χ2v) is 22.2. The van der Waals surface area contributed by atoms with Gasteiger partial charge in [-0.15, -0.1) is 0 Å². The second kappa shape index (κ2) is 21.5. The number of fused-ring (bicyclic) bond motifs is 12. The van der Waals surface area contributed by atoms with Crippen LogP contribution in [0.5, 0.6) is 0 Å². The summed E-state index contributed by atoms with van der Waals surface area (Å²) in [6.07, 6.45) is 0. The Morgan fingerprint density at radius 3 is 1.23 bits per heavy atom. The molecule has 17 aromatic rings. The zero-order chi connectivity index (χ0) is 60.4. The Morgan fingerprint density at radius 2 is 0.667 bits per heavy atom. The first-order chi connectivity index (χ1) is 44.4. The van der Waals surface area contributed by atoms with Gasteiger partial charge in [0.1, 0.15) is 44.7 Å². The van der Waals surface area contributed by atoms with E-state index in [9.17, 15) is 15.8 Å². The SMILES string of the molecule is N#Cc1ccc(-c2cccc(-c3ccc4oc5cc6c(oc7ccccc76)c(-c6ccc(C#N)cc6)c5c4c3)c2)cc1.[C-]#[N+]c1cccc(-c2cccc(-c3c4oc5ccccc5c4c(-c4cccc(-c5cccc(C#N)c5)c4)c4oc5ccccc5c34)c2)c1. The van der Waals surface area contributed by atoms with Gasteiger partial charge in [-0.25, -0.2) is 4.85 Å². The van der Waals surface area contributed by atoms with Gasteiger partial charge in [-0.1, -0.05) is 170 Å². The maximum absolute atomic E-state index is 9.57. The third kappa shape index (κ3) is 8.89. The molecule has 0 aliphatic heterocycles. The minimum absolute atomic E-state index is 0.603. The third-order valence-corrected chi connectivity index (χ3v) is 17.0. The van der Waals surface area contributed by atoms with Crippen molar-refractivity contribution in [3.63, 3.8) is 0 Å². The van der Waals surface area contributed by atoms with Crippen molar-refractivity contribution in [2.75, 3.05) is 0 Å². The van der Waals surface area contributed by atoms with Crippen LogP contribution in [0.4, 0.5) is 5.69 Å². The van der Waals surface area contributed by atoms with Crippen molar-refractivity contribution in [2.45, 2.75) is 0 Å². The Hall–Kier alpha value is -13.0. The maximum atomic E-state index is 9.57. The monoisotopic (exact) mass is 1150 g/mol. The molecule has 90 heavy (non-hydrogen) atoms. The van der Waals surface area contributed by atoms with Gasteiger partial charge in [0.25, 0.3) is 0 Å². The number of nitrogens with zero attached hydrogens (tertiary/aromatic N) is 4. The van der Waals surface area contributed by atoms with Crippen molar-refractivity contribution < 1.29 is 17.7 Å². The van der Waals surface area contributed by atoms with Crippen LogP contribution < -0.4 is 0 Å². The number of hydrogen-bond acceptors (Lipinski definition) is 7. The van der Waals surface area contributed by atoms with E-state index in [1.165, 1.54) is 0 Å². The molecule has 0 saturated carbocycles. The summed E-state index contributed by atoms with van der Waals surface area (Å²) in [7, 11) is 0. The summed E-state index contributed by atoms with van der Waals surface area (Å²) >= 11 is 0. The van der Waals surface area contributed by atoms with Gasteiger partial charge in [0.2, 0.25) is 0 Å². The van der Waals surface area contributed by atoms with E-state index in [-0.39, 0.29) is 0 Å². The predicted octanol–water partition coefficient (Wildman–Crippen LogP) is 22.8. The maximum Gasteiger partial charge on any atom is 0.187 e. The normalized spacial score (nSPS) is 11.3. The first-order valence-corrected chi connectivity index (χ1v) is 29.3. The Balaban J connectivity index is 0.000000145. The van der Waals surface area contributed by atoms with Crippen molar-refractivity contribution in [3.8, 4) is 96.1 Å². The molecule has 4 aromatic heterocycles. The Morgan fingerprint density at radius 1 is 0.256 bits per heavy atom. The number of furan rings is 4. The third-order valence-electron chi connectivity index (χ3n) is 17.0. The lowest BCUT2D eigenvalue weighted by Gasteiger charge is -2.13. The van der Waals surface area contributed by atoms with Gasteiger partial charge in [-0.05, 0) is 158 Å². The van der Waals surface area contributed by atoms with Crippen molar-refractivity contribution >= 4 is 93.4 Å². The largest absolute Gasteiger partial charge is 0.456 e. The Labute approximate surface area is 515 Å². The van der Waals surface area contributed by atoms with E-state index in [0.29, 0.717) is 22.4 Å². The fourth-order valence-electron chi connectivity index (χ4n) is 12.8. The van der Waals surface area contributed by atoms with E-state index in [1.54, 1.807) is 0 Å². The molecule has 0 radical (unpaired) electrons. The topological polar surface area (TPSA) is 128 Å². The van der Waals surface area contributed by atoms with Gasteiger partial charge in [-0.3, -0.25) is 0 Å². The highest BCUT2D eigenvalue weighted by molar-refractivity contribution is 6.30. The molecule has 0 saturated heterocycles. The number of hydrogen-bond donors (Lipinski definition) is 0. The molecule has 0 fully saturated rings. The summed E-state index contributed by atoms with van der Waals surface area (Å²) in [6.45, 7) is 7.53. The van der Waals surface area contributed by atoms with Crippen LogP contribution in [0.3, 0.4) is 0 Å². The minimum Gasteiger partial charge on any atom is -0.456 e. The van der Waals surface area contributed by atoms with Gasteiger partial charge < -0.3 is 17.7 Å². The molecular weight excluding hydrogens is 1100 g/mol. The molecule has 0 bridgehead atoms. The van der Waals surface area contributed by atoms with E-state index >= 15 is 0 Å². The lowest BCUT2D eigenvalue weighted by molar-refractivity contribution is 0.664. The quantitative estimate of drug-likeness (QED) is 0.145. The zero-order valence-electron chi connectivity index (χ0n) is 47.8. The van der Waals surface area contributed by atoms with Crippen molar-refractivity contribution in [1.29, 1.82) is 15.8 Å². The van der Waals surface area contributed by atoms with Gasteiger partial charge in [0.05, 0.1) is 41.5 Å². The molecule has 17 rings (SSSR count). The molecule has 13 aromatic carbocycles. The van der Waals surface area contributed by atoms with E-state index in [4.69, 9.17) is 24.2 Å². The Bertz CT molecular complexity index is 5770. The molecular formula is C82H44N4O4. The van der Waals surface area contributed by atoms with Crippen LogP contribution in [0, 0.1) is 40.6 Å². The molecule has 0 amide bonds. The predicted molar refractivity (Wildman–Crippen MR) is 360 cm³/mol. The molecule has 0 aliphatic rings. The van der Waals surface area contributed by atoms with Crippen molar-refractivity contribution in [1.82, 2.24) is 0 Å². The highest BCUT2D eigenvalue weighted by Gasteiger charge is 2.28. The highest BCUT2D eigenvalue weighted by Crippen LogP contribution is 2.52. The van der Waals surface area contributed by atoms with Crippen LogP contribution in [0.2, 0.25) is 0 Å². The van der Waals surface area contributed by atoms with Crippen LogP contribution in [-0.4, -0.2) is 0 Å².